The average Bonchev–Trinajstić information content (AvgIpc) is 3.17. The lowest BCUT2D eigenvalue weighted by atomic mass is 10.2. The van der Waals surface area contributed by atoms with E-state index in [0.29, 0.717) is 17.6 Å². The molecule has 6 nitrogen and oxygen atoms in total. The van der Waals surface area contributed by atoms with Gasteiger partial charge in [-0.25, -0.2) is 15.0 Å². The zero-order valence-corrected chi connectivity index (χ0v) is 15.9. The summed E-state index contributed by atoms with van der Waals surface area (Å²) in [6, 6.07) is 13.7. The molecule has 2 aromatic heterocycles. The number of benzene rings is 1. The first-order valence-corrected chi connectivity index (χ1v) is 9.25. The second kappa shape index (κ2) is 9.73. The number of hydrogen-bond donors (Lipinski definition) is 2. The van der Waals surface area contributed by atoms with Gasteiger partial charge < -0.3 is 15.1 Å². The summed E-state index contributed by atoms with van der Waals surface area (Å²) < 4.78 is 5.79. The summed E-state index contributed by atoms with van der Waals surface area (Å²) in [6.07, 6.45) is 4.34. The molecule has 0 saturated carbocycles. The molecule has 0 fully saturated rings. The van der Waals surface area contributed by atoms with Crippen molar-refractivity contribution in [3.8, 4) is 11.3 Å². The van der Waals surface area contributed by atoms with Crippen molar-refractivity contribution < 1.29 is 4.42 Å². The Morgan fingerprint density at radius 3 is 2.67 bits per heavy atom. The molecular formula is C20H22ClN5O. The molecule has 0 atom stereocenters. The van der Waals surface area contributed by atoms with E-state index in [1.807, 2.05) is 43.3 Å². The first kappa shape index (κ1) is 18.9. The van der Waals surface area contributed by atoms with Crippen LogP contribution in [0.15, 0.2) is 64.3 Å². The van der Waals surface area contributed by atoms with Crippen molar-refractivity contribution >= 4 is 17.6 Å². The summed E-state index contributed by atoms with van der Waals surface area (Å²) in [5.74, 6) is 2.04. The first-order valence-electron chi connectivity index (χ1n) is 8.87. The molecule has 0 bridgehead atoms. The van der Waals surface area contributed by atoms with Gasteiger partial charge in [-0.15, -0.1) is 0 Å². The van der Waals surface area contributed by atoms with E-state index in [2.05, 4.69) is 25.6 Å². The van der Waals surface area contributed by atoms with Gasteiger partial charge in [-0.3, -0.25) is 0 Å². The van der Waals surface area contributed by atoms with Crippen molar-refractivity contribution in [2.45, 2.75) is 19.9 Å². The minimum absolute atomic E-state index is 0.366. The van der Waals surface area contributed by atoms with Gasteiger partial charge in [-0.2, -0.15) is 0 Å². The molecule has 1 aromatic carbocycles. The van der Waals surface area contributed by atoms with Gasteiger partial charge in [0.15, 0.2) is 11.7 Å². The second-order valence-corrected chi connectivity index (χ2v) is 6.23. The summed E-state index contributed by atoms with van der Waals surface area (Å²) >= 11 is 5.81. The van der Waals surface area contributed by atoms with Crippen LogP contribution in [0.3, 0.4) is 0 Å². The minimum Gasteiger partial charge on any atom is -0.439 e. The molecule has 0 radical (unpaired) electrons. The molecule has 2 heterocycles. The second-order valence-electron chi connectivity index (χ2n) is 5.85. The van der Waals surface area contributed by atoms with E-state index in [4.69, 9.17) is 16.0 Å². The zero-order valence-electron chi connectivity index (χ0n) is 15.2. The largest absolute Gasteiger partial charge is 0.439 e. The van der Waals surface area contributed by atoms with Crippen molar-refractivity contribution in [3.63, 3.8) is 0 Å². The number of aliphatic imine (C=N–C) groups is 1. The van der Waals surface area contributed by atoms with Gasteiger partial charge in [0.1, 0.15) is 11.7 Å². The maximum atomic E-state index is 5.81. The highest BCUT2D eigenvalue weighted by Gasteiger charge is 2.06. The fraction of sp³-hybridized carbons (Fsp3) is 0.250. The van der Waals surface area contributed by atoms with E-state index in [0.717, 1.165) is 42.4 Å². The van der Waals surface area contributed by atoms with E-state index in [9.17, 15) is 0 Å². The van der Waals surface area contributed by atoms with Crippen LogP contribution in [-0.4, -0.2) is 29.0 Å². The Morgan fingerprint density at radius 1 is 1.07 bits per heavy atom. The van der Waals surface area contributed by atoms with Crippen molar-refractivity contribution in [1.82, 2.24) is 20.6 Å². The van der Waals surface area contributed by atoms with Gasteiger partial charge >= 0.3 is 0 Å². The lowest BCUT2D eigenvalue weighted by molar-refractivity contribution is 0.509. The Labute approximate surface area is 163 Å². The van der Waals surface area contributed by atoms with Gasteiger partial charge in [0.05, 0.1) is 6.20 Å². The number of oxazole rings is 1. The van der Waals surface area contributed by atoms with Gasteiger partial charge in [-0.1, -0.05) is 48.0 Å². The molecule has 140 valence electrons. The smallest absolute Gasteiger partial charge is 0.216 e. The summed E-state index contributed by atoms with van der Waals surface area (Å²) in [4.78, 5) is 12.9. The summed E-state index contributed by atoms with van der Waals surface area (Å²) in [7, 11) is 0. The van der Waals surface area contributed by atoms with Gasteiger partial charge in [0.2, 0.25) is 5.89 Å². The lowest BCUT2D eigenvalue weighted by Crippen LogP contribution is -2.38. The van der Waals surface area contributed by atoms with Gasteiger partial charge in [-0.05, 0) is 25.0 Å². The number of guanidine groups is 1. The molecule has 0 aliphatic rings. The Kier molecular flexibility index (Phi) is 6.82. The number of hydrogen-bond acceptors (Lipinski definition) is 4. The normalized spacial score (nSPS) is 11.4. The monoisotopic (exact) mass is 383 g/mol. The fourth-order valence-electron chi connectivity index (χ4n) is 2.49. The summed E-state index contributed by atoms with van der Waals surface area (Å²) in [6.45, 7) is 3.90. The molecule has 0 unspecified atom stereocenters. The molecular weight excluding hydrogens is 362 g/mol. The number of rotatable bonds is 7. The Morgan fingerprint density at radius 2 is 1.93 bits per heavy atom. The van der Waals surface area contributed by atoms with Crippen LogP contribution < -0.4 is 10.6 Å². The van der Waals surface area contributed by atoms with Crippen LogP contribution in [0, 0.1) is 0 Å². The molecule has 2 N–H and O–H groups in total. The molecule has 0 aliphatic carbocycles. The first-order chi connectivity index (χ1) is 13.2. The molecule has 0 spiro atoms. The van der Waals surface area contributed by atoms with Gasteiger partial charge in [0, 0.05) is 24.8 Å². The van der Waals surface area contributed by atoms with Crippen molar-refractivity contribution in [2.75, 3.05) is 13.1 Å². The van der Waals surface area contributed by atoms with E-state index >= 15 is 0 Å². The van der Waals surface area contributed by atoms with Gasteiger partial charge in [0.25, 0.3) is 0 Å². The maximum Gasteiger partial charge on any atom is 0.216 e. The highest BCUT2D eigenvalue weighted by atomic mass is 35.5. The Balaban J connectivity index is 1.55. The zero-order chi connectivity index (χ0) is 18.9. The van der Waals surface area contributed by atoms with Crippen LogP contribution in [0.5, 0.6) is 0 Å². The number of nitrogens with zero attached hydrogens (tertiary/aromatic N) is 3. The highest BCUT2D eigenvalue weighted by molar-refractivity contribution is 6.29. The van der Waals surface area contributed by atoms with Crippen LogP contribution in [0.25, 0.3) is 11.3 Å². The number of halogens is 1. The fourth-order valence-corrected chi connectivity index (χ4v) is 2.60. The molecule has 7 heteroatoms. The van der Waals surface area contributed by atoms with Crippen LogP contribution in [-0.2, 0) is 13.0 Å². The van der Waals surface area contributed by atoms with Crippen LogP contribution in [0.4, 0.5) is 0 Å². The van der Waals surface area contributed by atoms with E-state index < -0.39 is 0 Å². The topological polar surface area (TPSA) is 75.3 Å². The standard InChI is InChI=1S/C20H22ClN5O/c1-2-22-20(23-11-10-15-8-9-18(21)24-12-15)26-14-19-25-13-17(27-19)16-6-4-3-5-7-16/h3-9,12-13H,2,10-11,14H2,1H3,(H2,22,23,26). The van der Waals surface area contributed by atoms with Crippen LogP contribution in [0.2, 0.25) is 5.15 Å². The van der Waals surface area contributed by atoms with E-state index in [-0.39, 0.29) is 0 Å². The average molecular weight is 384 g/mol. The molecule has 3 rings (SSSR count). The predicted octanol–water partition coefficient (Wildman–Crippen LogP) is 3.69. The molecule has 0 saturated heterocycles. The highest BCUT2D eigenvalue weighted by Crippen LogP contribution is 2.19. The number of aromatic nitrogens is 2. The summed E-state index contributed by atoms with van der Waals surface area (Å²) in [5, 5.41) is 7.02. The van der Waals surface area contributed by atoms with Crippen molar-refractivity contribution in [1.29, 1.82) is 0 Å². The third-order valence-electron chi connectivity index (χ3n) is 3.82. The Hall–Kier alpha value is -2.86. The quantitative estimate of drug-likeness (QED) is 0.369. The molecule has 27 heavy (non-hydrogen) atoms. The minimum atomic E-state index is 0.366. The number of pyridine rings is 1. The van der Waals surface area contributed by atoms with Crippen LogP contribution >= 0.6 is 11.6 Å². The molecule has 0 aliphatic heterocycles. The van der Waals surface area contributed by atoms with Crippen molar-refractivity contribution in [3.05, 3.63) is 71.5 Å². The molecule has 0 amide bonds. The van der Waals surface area contributed by atoms with Crippen LogP contribution in [0.1, 0.15) is 18.4 Å². The third-order valence-corrected chi connectivity index (χ3v) is 4.05. The summed E-state index contributed by atoms with van der Waals surface area (Å²) in [5.41, 5.74) is 2.12. The number of nitrogens with one attached hydrogen (secondary N) is 2. The Bertz CT molecular complexity index is 862. The molecule has 3 aromatic rings. The predicted molar refractivity (Wildman–Crippen MR) is 108 cm³/mol. The van der Waals surface area contributed by atoms with E-state index in [1.165, 1.54) is 0 Å². The van der Waals surface area contributed by atoms with Crippen molar-refractivity contribution in [2.24, 2.45) is 4.99 Å². The maximum absolute atomic E-state index is 5.81. The lowest BCUT2D eigenvalue weighted by Gasteiger charge is -2.10. The SMILES string of the molecule is CCNC(=NCc1ncc(-c2ccccc2)o1)NCCc1ccc(Cl)nc1. The van der Waals surface area contributed by atoms with E-state index in [1.54, 1.807) is 18.5 Å². The third kappa shape index (κ3) is 5.82.